The molecule has 1 atom stereocenters. The lowest BCUT2D eigenvalue weighted by molar-refractivity contribution is 0.474. The van der Waals surface area contributed by atoms with Crippen LogP contribution in [0.2, 0.25) is 0 Å². The number of hydrogen-bond acceptors (Lipinski definition) is 3. The molecule has 0 amide bonds. The fraction of sp³-hybridized carbons (Fsp3) is 1.00. The first-order valence-electron chi connectivity index (χ1n) is 3.06. The highest BCUT2D eigenvalue weighted by molar-refractivity contribution is 8.00. The van der Waals surface area contributed by atoms with E-state index in [2.05, 4.69) is 32.5 Å². The largest absolute Gasteiger partial charge is 0.271 e. The van der Waals surface area contributed by atoms with Gasteiger partial charge in [-0.25, -0.2) is 0 Å². The highest BCUT2D eigenvalue weighted by Gasteiger charge is 2.22. The molecule has 0 aliphatic carbocycles. The van der Waals surface area contributed by atoms with E-state index >= 15 is 0 Å². The van der Waals surface area contributed by atoms with Crippen LogP contribution >= 0.6 is 11.8 Å². The van der Waals surface area contributed by atoms with Crippen LogP contribution in [0.15, 0.2) is 0 Å². The molecule has 1 unspecified atom stereocenters. The van der Waals surface area contributed by atoms with Crippen LogP contribution in [0.25, 0.3) is 0 Å². The Morgan fingerprint density at radius 3 is 2.11 bits per heavy atom. The highest BCUT2D eigenvalue weighted by atomic mass is 32.2. The SMILES string of the molecule is CSC(C)(C)C(C)NN. The predicted octanol–water partition coefficient (Wildman–Crippen LogP) is 0.980. The van der Waals surface area contributed by atoms with Gasteiger partial charge in [0.2, 0.25) is 0 Å². The molecule has 0 radical (unpaired) electrons. The molecular formula is C6H16N2S. The maximum absolute atomic E-state index is 5.27. The highest BCUT2D eigenvalue weighted by Crippen LogP contribution is 2.24. The first-order valence-corrected chi connectivity index (χ1v) is 4.28. The Morgan fingerprint density at radius 1 is 1.56 bits per heavy atom. The first-order chi connectivity index (χ1) is 4.04. The van der Waals surface area contributed by atoms with E-state index in [0.717, 1.165) is 0 Å². The third kappa shape index (κ3) is 2.56. The second-order valence-corrected chi connectivity index (χ2v) is 4.16. The van der Waals surface area contributed by atoms with Gasteiger partial charge in [-0.15, -0.1) is 0 Å². The number of hydrogen-bond donors (Lipinski definition) is 2. The van der Waals surface area contributed by atoms with Crippen molar-refractivity contribution in [3.05, 3.63) is 0 Å². The van der Waals surface area contributed by atoms with Gasteiger partial charge in [0.1, 0.15) is 0 Å². The van der Waals surface area contributed by atoms with Crippen LogP contribution in [0, 0.1) is 0 Å². The zero-order chi connectivity index (χ0) is 7.49. The summed E-state index contributed by atoms with van der Waals surface area (Å²) in [7, 11) is 0. The maximum Gasteiger partial charge on any atom is 0.0323 e. The molecule has 0 aliphatic heterocycles. The lowest BCUT2D eigenvalue weighted by Crippen LogP contribution is -2.45. The minimum atomic E-state index is 0.231. The summed E-state index contributed by atoms with van der Waals surface area (Å²) in [5, 5.41) is 0. The molecule has 0 fully saturated rings. The summed E-state index contributed by atoms with van der Waals surface area (Å²) in [6, 6.07) is 0.354. The number of hydrazine groups is 1. The maximum atomic E-state index is 5.27. The summed E-state index contributed by atoms with van der Waals surface area (Å²) in [6.07, 6.45) is 2.09. The van der Waals surface area contributed by atoms with Crippen LogP contribution in [0.5, 0.6) is 0 Å². The minimum Gasteiger partial charge on any atom is -0.271 e. The summed E-state index contributed by atoms with van der Waals surface area (Å²) < 4.78 is 0.231. The fourth-order valence-corrected chi connectivity index (χ4v) is 0.799. The molecule has 0 heterocycles. The molecule has 0 aromatic rings. The van der Waals surface area contributed by atoms with E-state index < -0.39 is 0 Å². The van der Waals surface area contributed by atoms with Crippen molar-refractivity contribution < 1.29 is 0 Å². The fourth-order valence-electron chi connectivity index (χ4n) is 0.377. The predicted molar refractivity (Wildman–Crippen MR) is 44.4 cm³/mol. The Labute approximate surface area is 61.5 Å². The molecule has 9 heavy (non-hydrogen) atoms. The van der Waals surface area contributed by atoms with Crippen LogP contribution in [0.4, 0.5) is 0 Å². The second kappa shape index (κ2) is 3.44. The van der Waals surface area contributed by atoms with Crippen LogP contribution in [-0.4, -0.2) is 17.0 Å². The minimum absolute atomic E-state index is 0.231. The quantitative estimate of drug-likeness (QED) is 0.463. The molecular weight excluding hydrogens is 132 g/mol. The van der Waals surface area contributed by atoms with Gasteiger partial charge < -0.3 is 0 Å². The van der Waals surface area contributed by atoms with Crippen molar-refractivity contribution in [2.75, 3.05) is 6.26 Å². The van der Waals surface area contributed by atoms with E-state index in [1.807, 2.05) is 11.8 Å². The average Bonchev–Trinajstić information content (AvgIpc) is 1.86. The number of rotatable bonds is 3. The number of nitrogens with one attached hydrogen (secondary N) is 1. The first kappa shape index (κ1) is 9.27. The molecule has 0 spiro atoms. The Balaban J connectivity index is 3.80. The zero-order valence-electron chi connectivity index (χ0n) is 6.56. The normalized spacial score (nSPS) is 15.7. The molecule has 0 aromatic carbocycles. The zero-order valence-corrected chi connectivity index (χ0v) is 7.38. The summed E-state index contributed by atoms with van der Waals surface area (Å²) >= 11 is 1.82. The Hall–Kier alpha value is 0.270. The summed E-state index contributed by atoms with van der Waals surface area (Å²) in [6.45, 7) is 6.42. The van der Waals surface area contributed by atoms with Crippen molar-refractivity contribution >= 4 is 11.8 Å². The van der Waals surface area contributed by atoms with Gasteiger partial charge >= 0.3 is 0 Å². The van der Waals surface area contributed by atoms with E-state index in [-0.39, 0.29) is 4.75 Å². The topological polar surface area (TPSA) is 38.0 Å². The van der Waals surface area contributed by atoms with Crippen molar-refractivity contribution in [1.82, 2.24) is 5.43 Å². The van der Waals surface area contributed by atoms with Crippen LogP contribution in [-0.2, 0) is 0 Å². The van der Waals surface area contributed by atoms with E-state index in [9.17, 15) is 0 Å². The van der Waals surface area contributed by atoms with Gasteiger partial charge in [0.25, 0.3) is 0 Å². The summed E-state index contributed by atoms with van der Waals surface area (Å²) in [5.74, 6) is 5.27. The average molecular weight is 148 g/mol. The molecule has 3 N–H and O–H groups in total. The standard InChI is InChI=1S/C6H16N2S/c1-5(8-7)6(2,3)9-4/h5,8H,7H2,1-4H3. The van der Waals surface area contributed by atoms with Gasteiger partial charge in [0, 0.05) is 10.8 Å². The third-order valence-corrected chi connectivity index (χ3v) is 3.22. The summed E-state index contributed by atoms with van der Waals surface area (Å²) in [5.41, 5.74) is 2.74. The van der Waals surface area contributed by atoms with Crippen molar-refractivity contribution in [3.8, 4) is 0 Å². The van der Waals surface area contributed by atoms with Crippen molar-refractivity contribution in [3.63, 3.8) is 0 Å². The van der Waals surface area contributed by atoms with Gasteiger partial charge in [-0.3, -0.25) is 11.3 Å². The van der Waals surface area contributed by atoms with Gasteiger partial charge in [-0.05, 0) is 27.0 Å². The van der Waals surface area contributed by atoms with E-state index in [0.29, 0.717) is 6.04 Å². The van der Waals surface area contributed by atoms with Crippen LogP contribution < -0.4 is 11.3 Å². The molecule has 0 bridgehead atoms. The summed E-state index contributed by atoms with van der Waals surface area (Å²) in [4.78, 5) is 0. The van der Waals surface area contributed by atoms with E-state index in [4.69, 9.17) is 5.84 Å². The molecule has 0 saturated heterocycles. The van der Waals surface area contributed by atoms with Crippen molar-refractivity contribution in [2.45, 2.75) is 31.6 Å². The third-order valence-electron chi connectivity index (χ3n) is 1.82. The van der Waals surface area contributed by atoms with Crippen molar-refractivity contribution in [2.24, 2.45) is 5.84 Å². The lowest BCUT2D eigenvalue weighted by Gasteiger charge is -2.28. The van der Waals surface area contributed by atoms with Gasteiger partial charge in [0.15, 0.2) is 0 Å². The molecule has 3 heteroatoms. The molecule has 2 nitrogen and oxygen atoms in total. The van der Waals surface area contributed by atoms with Gasteiger partial charge in [-0.1, -0.05) is 0 Å². The molecule has 0 aromatic heterocycles. The lowest BCUT2D eigenvalue weighted by atomic mass is 10.1. The molecule has 56 valence electrons. The smallest absolute Gasteiger partial charge is 0.0323 e. The van der Waals surface area contributed by atoms with E-state index in [1.54, 1.807) is 0 Å². The number of thioether (sulfide) groups is 1. The van der Waals surface area contributed by atoms with Crippen molar-refractivity contribution in [1.29, 1.82) is 0 Å². The molecule has 0 aliphatic rings. The van der Waals surface area contributed by atoms with Gasteiger partial charge in [0.05, 0.1) is 0 Å². The Kier molecular flexibility index (Phi) is 3.54. The Bertz CT molecular complexity index is 83.1. The Morgan fingerprint density at radius 2 is 2.00 bits per heavy atom. The number of nitrogens with two attached hydrogens (primary N) is 1. The second-order valence-electron chi connectivity index (χ2n) is 2.70. The van der Waals surface area contributed by atoms with Crippen LogP contribution in [0.1, 0.15) is 20.8 Å². The molecule has 0 saturated carbocycles. The monoisotopic (exact) mass is 148 g/mol. The van der Waals surface area contributed by atoms with Crippen LogP contribution in [0.3, 0.4) is 0 Å². The van der Waals surface area contributed by atoms with Gasteiger partial charge in [-0.2, -0.15) is 11.8 Å². The molecule has 0 rings (SSSR count). The van der Waals surface area contributed by atoms with E-state index in [1.165, 1.54) is 0 Å².